The molecular weight excluding hydrogens is 266 g/mol. The van der Waals surface area contributed by atoms with E-state index in [1.54, 1.807) is 25.3 Å². The molecule has 0 unspecified atom stereocenters. The number of nitrogens with two attached hydrogens (primary N) is 1. The van der Waals surface area contributed by atoms with Crippen molar-refractivity contribution in [2.75, 3.05) is 26.0 Å². The standard InChI is InChI=1S/C12H17N3O3S/c1-18-6-2-5-15-19(16,17)12-8-14-11-4-3-9(13)7-10(11)12/h3-4,7-8,14-15H,2,5-6,13H2,1H3. The molecule has 0 saturated heterocycles. The Balaban J connectivity index is 2.25. The lowest BCUT2D eigenvalue weighted by atomic mass is 10.2. The molecule has 104 valence electrons. The van der Waals surface area contributed by atoms with Crippen LogP contribution in [0.3, 0.4) is 0 Å². The first-order valence-electron chi connectivity index (χ1n) is 5.90. The summed E-state index contributed by atoms with van der Waals surface area (Å²) in [5, 5.41) is 0.597. The molecule has 2 aromatic rings. The fraction of sp³-hybridized carbons (Fsp3) is 0.333. The van der Waals surface area contributed by atoms with Crippen molar-refractivity contribution in [3.8, 4) is 0 Å². The highest BCUT2D eigenvalue weighted by Gasteiger charge is 2.18. The Morgan fingerprint density at radius 3 is 2.95 bits per heavy atom. The highest BCUT2D eigenvalue weighted by atomic mass is 32.2. The second-order valence-corrected chi connectivity index (χ2v) is 5.94. The number of nitrogens with one attached hydrogen (secondary N) is 2. The highest BCUT2D eigenvalue weighted by molar-refractivity contribution is 7.89. The van der Waals surface area contributed by atoms with Gasteiger partial charge in [0.1, 0.15) is 4.90 Å². The maximum Gasteiger partial charge on any atom is 0.242 e. The van der Waals surface area contributed by atoms with Crippen LogP contribution in [0.25, 0.3) is 10.9 Å². The second-order valence-electron chi connectivity index (χ2n) is 4.20. The number of rotatable bonds is 6. The number of sulfonamides is 1. The summed E-state index contributed by atoms with van der Waals surface area (Å²) < 4.78 is 31.8. The van der Waals surface area contributed by atoms with Crippen LogP contribution in [-0.4, -0.2) is 33.7 Å². The molecule has 7 heteroatoms. The zero-order valence-electron chi connectivity index (χ0n) is 10.6. The number of anilines is 1. The molecular formula is C12H17N3O3S. The monoisotopic (exact) mass is 283 g/mol. The molecule has 1 heterocycles. The fourth-order valence-corrected chi connectivity index (χ4v) is 3.08. The van der Waals surface area contributed by atoms with Crippen molar-refractivity contribution in [1.29, 1.82) is 0 Å². The Bertz CT molecular complexity index is 664. The maximum absolute atomic E-state index is 12.2. The molecule has 0 aliphatic heterocycles. The van der Waals surface area contributed by atoms with Gasteiger partial charge in [0.05, 0.1) is 0 Å². The number of ether oxygens (including phenoxy) is 1. The average Bonchev–Trinajstić information content (AvgIpc) is 2.78. The van der Waals surface area contributed by atoms with E-state index in [1.807, 2.05) is 0 Å². The Labute approximate surface area is 112 Å². The summed E-state index contributed by atoms with van der Waals surface area (Å²) in [5.41, 5.74) is 6.96. The lowest BCUT2D eigenvalue weighted by Crippen LogP contribution is -2.25. The predicted molar refractivity (Wildman–Crippen MR) is 74.4 cm³/mol. The second kappa shape index (κ2) is 5.60. The van der Waals surface area contributed by atoms with Gasteiger partial charge in [-0.3, -0.25) is 0 Å². The van der Waals surface area contributed by atoms with Crippen LogP contribution in [0.4, 0.5) is 5.69 Å². The smallest absolute Gasteiger partial charge is 0.242 e. The zero-order valence-corrected chi connectivity index (χ0v) is 11.5. The van der Waals surface area contributed by atoms with E-state index in [0.717, 1.165) is 5.52 Å². The molecule has 1 aromatic heterocycles. The number of hydrogen-bond donors (Lipinski definition) is 3. The molecule has 4 N–H and O–H groups in total. The summed E-state index contributed by atoms with van der Waals surface area (Å²) in [6.45, 7) is 0.856. The van der Waals surface area contributed by atoms with Crippen LogP contribution in [-0.2, 0) is 14.8 Å². The Hall–Kier alpha value is -1.57. The van der Waals surface area contributed by atoms with Crippen LogP contribution in [0.2, 0.25) is 0 Å². The van der Waals surface area contributed by atoms with Crippen molar-refractivity contribution in [3.63, 3.8) is 0 Å². The average molecular weight is 283 g/mol. The number of fused-ring (bicyclic) bond motifs is 1. The summed E-state index contributed by atoms with van der Waals surface area (Å²) in [4.78, 5) is 3.14. The molecule has 0 spiro atoms. The lowest BCUT2D eigenvalue weighted by molar-refractivity contribution is 0.196. The third-order valence-corrected chi connectivity index (χ3v) is 4.28. The number of nitrogen functional groups attached to an aromatic ring is 1. The van der Waals surface area contributed by atoms with Gasteiger partial charge in [-0.25, -0.2) is 13.1 Å². The minimum absolute atomic E-state index is 0.215. The van der Waals surface area contributed by atoms with E-state index < -0.39 is 10.0 Å². The van der Waals surface area contributed by atoms with Crippen LogP contribution >= 0.6 is 0 Å². The van der Waals surface area contributed by atoms with Crippen LogP contribution in [0.1, 0.15) is 6.42 Å². The largest absolute Gasteiger partial charge is 0.399 e. The molecule has 0 aliphatic rings. The van der Waals surface area contributed by atoms with Crippen molar-refractivity contribution >= 4 is 26.6 Å². The topological polar surface area (TPSA) is 97.2 Å². The molecule has 19 heavy (non-hydrogen) atoms. The third kappa shape index (κ3) is 3.06. The number of aromatic amines is 1. The first kappa shape index (κ1) is 13.9. The molecule has 0 saturated carbocycles. The number of H-pyrrole nitrogens is 1. The van der Waals surface area contributed by atoms with Crippen molar-refractivity contribution < 1.29 is 13.2 Å². The van der Waals surface area contributed by atoms with Crippen LogP contribution in [0.15, 0.2) is 29.3 Å². The molecule has 1 aromatic carbocycles. The number of benzene rings is 1. The minimum Gasteiger partial charge on any atom is -0.399 e. The molecule has 0 amide bonds. The van der Waals surface area contributed by atoms with Crippen LogP contribution < -0.4 is 10.5 Å². The predicted octanol–water partition coefficient (Wildman–Crippen LogP) is 1.06. The summed E-state index contributed by atoms with van der Waals surface area (Å²) in [6.07, 6.45) is 2.10. The van der Waals surface area contributed by atoms with Gasteiger partial charge in [0.15, 0.2) is 0 Å². The molecule has 0 bridgehead atoms. The van der Waals surface area contributed by atoms with Gasteiger partial charge in [0.25, 0.3) is 0 Å². The van der Waals surface area contributed by atoms with E-state index in [4.69, 9.17) is 10.5 Å². The van der Waals surface area contributed by atoms with Gasteiger partial charge in [0.2, 0.25) is 10.0 Å². The number of methoxy groups -OCH3 is 1. The first-order chi connectivity index (χ1) is 9.04. The number of hydrogen-bond acceptors (Lipinski definition) is 4. The van der Waals surface area contributed by atoms with Gasteiger partial charge < -0.3 is 15.5 Å². The lowest BCUT2D eigenvalue weighted by Gasteiger charge is -2.05. The normalized spacial score (nSPS) is 12.1. The summed E-state index contributed by atoms with van der Waals surface area (Å²) in [5.74, 6) is 0. The van der Waals surface area contributed by atoms with Gasteiger partial charge in [-0.1, -0.05) is 0 Å². The molecule has 6 nitrogen and oxygen atoms in total. The van der Waals surface area contributed by atoms with Gasteiger partial charge >= 0.3 is 0 Å². The quantitative estimate of drug-likeness (QED) is 0.545. The van der Waals surface area contributed by atoms with Crippen LogP contribution in [0.5, 0.6) is 0 Å². The maximum atomic E-state index is 12.2. The Morgan fingerprint density at radius 2 is 2.21 bits per heavy atom. The number of aromatic nitrogens is 1. The Morgan fingerprint density at radius 1 is 1.42 bits per heavy atom. The van der Waals surface area contributed by atoms with E-state index in [1.165, 1.54) is 6.20 Å². The molecule has 0 aliphatic carbocycles. The van der Waals surface area contributed by atoms with E-state index in [2.05, 4.69) is 9.71 Å². The fourth-order valence-electron chi connectivity index (χ4n) is 1.84. The molecule has 0 fully saturated rings. The minimum atomic E-state index is -3.53. The third-order valence-electron chi connectivity index (χ3n) is 2.77. The summed E-state index contributed by atoms with van der Waals surface area (Å²) in [7, 11) is -1.95. The summed E-state index contributed by atoms with van der Waals surface area (Å²) in [6, 6.07) is 5.13. The molecule has 0 radical (unpaired) electrons. The van der Waals surface area contributed by atoms with Crippen LogP contribution in [0, 0.1) is 0 Å². The van der Waals surface area contributed by atoms with Crippen molar-refractivity contribution in [2.24, 2.45) is 0 Å². The van der Waals surface area contributed by atoms with Crippen molar-refractivity contribution in [3.05, 3.63) is 24.4 Å². The van der Waals surface area contributed by atoms with Gasteiger partial charge in [0, 0.05) is 43.0 Å². The van der Waals surface area contributed by atoms with Gasteiger partial charge in [-0.05, 0) is 24.6 Å². The molecule has 0 atom stereocenters. The van der Waals surface area contributed by atoms with E-state index in [0.29, 0.717) is 30.6 Å². The van der Waals surface area contributed by atoms with E-state index in [9.17, 15) is 8.42 Å². The SMILES string of the molecule is COCCCNS(=O)(=O)c1c[nH]c2ccc(N)cc12. The van der Waals surface area contributed by atoms with E-state index >= 15 is 0 Å². The zero-order chi connectivity index (χ0) is 13.9. The van der Waals surface area contributed by atoms with Gasteiger partial charge in [-0.15, -0.1) is 0 Å². The van der Waals surface area contributed by atoms with E-state index in [-0.39, 0.29) is 4.90 Å². The summed E-state index contributed by atoms with van der Waals surface area (Å²) >= 11 is 0. The Kier molecular flexibility index (Phi) is 4.08. The molecule has 2 rings (SSSR count). The van der Waals surface area contributed by atoms with Gasteiger partial charge in [-0.2, -0.15) is 0 Å². The van der Waals surface area contributed by atoms with Crippen molar-refractivity contribution in [1.82, 2.24) is 9.71 Å². The highest BCUT2D eigenvalue weighted by Crippen LogP contribution is 2.24. The van der Waals surface area contributed by atoms with Crippen molar-refractivity contribution in [2.45, 2.75) is 11.3 Å². The first-order valence-corrected chi connectivity index (χ1v) is 7.38.